The van der Waals surface area contributed by atoms with E-state index < -0.39 is 5.60 Å². The maximum absolute atomic E-state index is 12.2. The van der Waals surface area contributed by atoms with Crippen LogP contribution >= 0.6 is 0 Å². The Morgan fingerprint density at radius 3 is 2.48 bits per heavy atom. The zero-order valence-electron chi connectivity index (χ0n) is 14.4. The highest BCUT2D eigenvalue weighted by Crippen LogP contribution is 2.27. The fraction of sp³-hybridized carbons (Fsp3) is 0.765. The first-order valence-corrected chi connectivity index (χ1v) is 8.64. The molecule has 0 saturated heterocycles. The normalized spacial score (nSPS) is 19.0. The van der Waals surface area contributed by atoms with Gasteiger partial charge in [-0.2, -0.15) is 0 Å². The summed E-state index contributed by atoms with van der Waals surface area (Å²) in [6, 6.07) is -0.389. The third kappa shape index (κ3) is 4.70. The van der Waals surface area contributed by atoms with Crippen LogP contribution in [0, 0.1) is 13.8 Å². The topological polar surface area (TPSA) is 87.4 Å². The van der Waals surface area contributed by atoms with E-state index in [-0.39, 0.29) is 12.1 Å². The van der Waals surface area contributed by atoms with Gasteiger partial charge in [-0.05, 0) is 33.1 Å². The van der Waals surface area contributed by atoms with E-state index in [1.165, 1.54) is 12.8 Å². The monoisotopic (exact) mass is 323 g/mol. The molecule has 0 spiro atoms. The van der Waals surface area contributed by atoms with Gasteiger partial charge in [-0.25, -0.2) is 4.79 Å². The number of carbonyl (C=O) groups is 1. The summed E-state index contributed by atoms with van der Waals surface area (Å²) in [6.07, 6.45) is 6.65. The molecule has 1 saturated carbocycles. The Morgan fingerprint density at radius 1 is 1.30 bits per heavy atom. The molecule has 2 amide bonds. The van der Waals surface area contributed by atoms with Gasteiger partial charge in [0, 0.05) is 12.1 Å². The van der Waals surface area contributed by atoms with Gasteiger partial charge in [0.05, 0.1) is 17.3 Å². The van der Waals surface area contributed by atoms with Gasteiger partial charge in [0.2, 0.25) is 0 Å². The van der Waals surface area contributed by atoms with Crippen molar-refractivity contribution in [3.8, 4) is 0 Å². The number of aliphatic hydroxyl groups is 1. The van der Waals surface area contributed by atoms with E-state index in [4.69, 9.17) is 4.52 Å². The standard InChI is InChI=1S/C17H29N3O3/c1-4-14(15-12(2)20-23-13(15)3)19-16(21)18-11-17(22)9-7-5-6-8-10-17/h14,22H,4-11H2,1-3H3,(H2,18,19,21). The average Bonchev–Trinajstić information content (AvgIpc) is 2.73. The second-order valence-corrected chi connectivity index (χ2v) is 6.66. The zero-order chi connectivity index (χ0) is 16.9. The largest absolute Gasteiger partial charge is 0.388 e. The molecular formula is C17H29N3O3. The number of amides is 2. The van der Waals surface area contributed by atoms with E-state index >= 15 is 0 Å². The number of nitrogens with zero attached hydrogens (tertiary/aromatic N) is 1. The fourth-order valence-electron chi connectivity index (χ4n) is 3.38. The van der Waals surface area contributed by atoms with Crippen LogP contribution in [0.15, 0.2) is 4.52 Å². The molecule has 1 aliphatic carbocycles. The summed E-state index contributed by atoms with van der Waals surface area (Å²) in [5, 5.41) is 20.3. The van der Waals surface area contributed by atoms with E-state index in [1.807, 2.05) is 20.8 Å². The summed E-state index contributed by atoms with van der Waals surface area (Å²) >= 11 is 0. The van der Waals surface area contributed by atoms with Crippen molar-refractivity contribution in [3.05, 3.63) is 17.0 Å². The van der Waals surface area contributed by atoms with Gasteiger partial charge < -0.3 is 20.3 Å². The molecule has 1 aromatic heterocycles. The maximum Gasteiger partial charge on any atom is 0.315 e. The van der Waals surface area contributed by atoms with Gasteiger partial charge in [0.25, 0.3) is 0 Å². The Hall–Kier alpha value is -1.56. The van der Waals surface area contributed by atoms with Crippen molar-refractivity contribution < 1.29 is 14.4 Å². The Bertz CT molecular complexity index is 500. The summed E-state index contributed by atoms with van der Waals surface area (Å²) in [6.45, 7) is 6.04. The van der Waals surface area contributed by atoms with Crippen LogP contribution in [0.2, 0.25) is 0 Å². The first-order chi connectivity index (χ1) is 10.9. The molecule has 0 bridgehead atoms. The molecule has 0 radical (unpaired) electrons. The van der Waals surface area contributed by atoms with Crippen LogP contribution in [0.4, 0.5) is 4.79 Å². The number of aromatic nitrogens is 1. The molecule has 1 heterocycles. The van der Waals surface area contributed by atoms with E-state index in [0.29, 0.717) is 6.54 Å². The molecule has 6 heteroatoms. The summed E-state index contributed by atoms with van der Waals surface area (Å²) < 4.78 is 5.18. The van der Waals surface area contributed by atoms with E-state index in [9.17, 15) is 9.90 Å². The lowest BCUT2D eigenvalue weighted by Crippen LogP contribution is -2.47. The van der Waals surface area contributed by atoms with E-state index in [1.54, 1.807) is 0 Å². The minimum atomic E-state index is -0.765. The molecular weight excluding hydrogens is 294 g/mol. The van der Waals surface area contributed by atoms with Gasteiger partial charge in [-0.1, -0.05) is 37.8 Å². The lowest BCUT2D eigenvalue weighted by atomic mass is 9.94. The highest BCUT2D eigenvalue weighted by molar-refractivity contribution is 5.74. The second kappa shape index (κ2) is 7.81. The summed E-state index contributed by atoms with van der Waals surface area (Å²) in [4.78, 5) is 12.2. The third-order valence-corrected chi connectivity index (χ3v) is 4.76. The van der Waals surface area contributed by atoms with Crippen LogP contribution in [0.3, 0.4) is 0 Å². The zero-order valence-corrected chi connectivity index (χ0v) is 14.4. The van der Waals surface area contributed by atoms with Crippen molar-refractivity contribution in [2.45, 2.75) is 77.4 Å². The van der Waals surface area contributed by atoms with Crippen molar-refractivity contribution in [2.24, 2.45) is 0 Å². The number of nitrogens with one attached hydrogen (secondary N) is 2. The van der Waals surface area contributed by atoms with Crippen LogP contribution in [-0.2, 0) is 0 Å². The molecule has 1 fully saturated rings. The first kappa shape index (κ1) is 17.8. The van der Waals surface area contributed by atoms with Crippen LogP contribution in [0.25, 0.3) is 0 Å². The number of rotatable bonds is 5. The Labute approximate surface area is 138 Å². The first-order valence-electron chi connectivity index (χ1n) is 8.64. The number of hydrogen-bond acceptors (Lipinski definition) is 4. The number of aryl methyl sites for hydroxylation is 2. The van der Waals surface area contributed by atoms with Gasteiger partial charge in [-0.15, -0.1) is 0 Å². The van der Waals surface area contributed by atoms with E-state index in [0.717, 1.165) is 49.1 Å². The summed E-state index contributed by atoms with van der Waals surface area (Å²) in [7, 11) is 0. The molecule has 6 nitrogen and oxygen atoms in total. The molecule has 1 atom stereocenters. The molecule has 130 valence electrons. The van der Waals surface area contributed by atoms with Crippen molar-refractivity contribution in [2.75, 3.05) is 6.54 Å². The van der Waals surface area contributed by atoms with Gasteiger partial charge in [0.1, 0.15) is 5.76 Å². The Kier molecular flexibility index (Phi) is 6.04. The highest BCUT2D eigenvalue weighted by Gasteiger charge is 2.29. The average molecular weight is 323 g/mol. The number of hydrogen-bond donors (Lipinski definition) is 3. The molecule has 1 unspecified atom stereocenters. The minimum Gasteiger partial charge on any atom is -0.388 e. The van der Waals surface area contributed by atoms with Crippen LogP contribution < -0.4 is 10.6 Å². The number of carbonyl (C=O) groups excluding carboxylic acids is 1. The van der Waals surface area contributed by atoms with Crippen molar-refractivity contribution in [1.82, 2.24) is 15.8 Å². The quantitative estimate of drug-likeness (QED) is 0.727. The molecule has 0 aliphatic heterocycles. The lowest BCUT2D eigenvalue weighted by molar-refractivity contribution is 0.0276. The molecule has 1 aliphatic rings. The number of urea groups is 1. The van der Waals surface area contributed by atoms with Crippen LogP contribution in [-0.4, -0.2) is 28.4 Å². The molecule has 1 aromatic rings. The smallest absolute Gasteiger partial charge is 0.315 e. The Balaban J connectivity index is 1.90. The summed E-state index contributed by atoms with van der Waals surface area (Å²) in [5.41, 5.74) is 0.978. The van der Waals surface area contributed by atoms with Crippen molar-refractivity contribution in [3.63, 3.8) is 0 Å². The lowest BCUT2D eigenvalue weighted by Gasteiger charge is -2.27. The van der Waals surface area contributed by atoms with E-state index in [2.05, 4.69) is 15.8 Å². The van der Waals surface area contributed by atoms with Gasteiger partial charge in [-0.3, -0.25) is 0 Å². The highest BCUT2D eigenvalue weighted by atomic mass is 16.5. The van der Waals surface area contributed by atoms with Gasteiger partial charge in [0.15, 0.2) is 0 Å². The van der Waals surface area contributed by atoms with Gasteiger partial charge >= 0.3 is 6.03 Å². The predicted molar refractivity (Wildman–Crippen MR) is 88.2 cm³/mol. The van der Waals surface area contributed by atoms with Crippen molar-refractivity contribution in [1.29, 1.82) is 0 Å². The fourth-order valence-corrected chi connectivity index (χ4v) is 3.38. The molecule has 0 aromatic carbocycles. The third-order valence-electron chi connectivity index (χ3n) is 4.76. The molecule has 3 N–H and O–H groups in total. The maximum atomic E-state index is 12.2. The molecule has 23 heavy (non-hydrogen) atoms. The SMILES string of the molecule is CCC(NC(=O)NCC1(O)CCCCCC1)c1c(C)noc1C. The summed E-state index contributed by atoms with van der Waals surface area (Å²) in [5.74, 6) is 0.733. The van der Waals surface area contributed by atoms with Crippen molar-refractivity contribution >= 4 is 6.03 Å². The van der Waals surface area contributed by atoms with Crippen LogP contribution in [0.1, 0.15) is 74.9 Å². The predicted octanol–water partition coefficient (Wildman–Crippen LogP) is 3.13. The Morgan fingerprint density at radius 2 is 1.96 bits per heavy atom. The van der Waals surface area contributed by atoms with Crippen LogP contribution in [0.5, 0.6) is 0 Å². The minimum absolute atomic E-state index is 0.134. The second-order valence-electron chi connectivity index (χ2n) is 6.66. The molecule has 2 rings (SSSR count).